The van der Waals surface area contributed by atoms with Crippen LogP contribution in [0, 0.1) is 0 Å². The van der Waals surface area contributed by atoms with Crippen LogP contribution < -0.4 is 10.0 Å². The Bertz CT molecular complexity index is 582. The highest BCUT2D eigenvalue weighted by Gasteiger charge is 2.26. The van der Waals surface area contributed by atoms with Crippen molar-refractivity contribution < 1.29 is 8.42 Å². The molecule has 3 rings (SSSR count). The van der Waals surface area contributed by atoms with Crippen LogP contribution in [0.25, 0.3) is 0 Å². The molecule has 1 atom stereocenters. The molecule has 21 heavy (non-hydrogen) atoms. The molecule has 2 heterocycles. The minimum atomic E-state index is -3.36. The zero-order valence-electron chi connectivity index (χ0n) is 12.2. The molecule has 1 fully saturated rings. The van der Waals surface area contributed by atoms with Gasteiger partial charge in [0.25, 0.3) is 10.2 Å². The van der Waals surface area contributed by atoms with Gasteiger partial charge < -0.3 is 5.32 Å². The number of hydrogen-bond acceptors (Lipinski definition) is 3. The SMILES string of the molecule is O=S(=O)(NCC[C@H]1CCCN1)N1CCc2ccccc2C1. The van der Waals surface area contributed by atoms with E-state index in [-0.39, 0.29) is 0 Å². The predicted molar refractivity (Wildman–Crippen MR) is 83.1 cm³/mol. The van der Waals surface area contributed by atoms with Crippen molar-refractivity contribution in [2.24, 2.45) is 0 Å². The molecule has 0 bridgehead atoms. The first-order valence-corrected chi connectivity index (χ1v) is 9.14. The molecule has 6 heteroatoms. The molecule has 0 unspecified atom stereocenters. The normalized spacial score (nSPS) is 23.1. The Balaban J connectivity index is 1.55. The molecule has 0 saturated carbocycles. The van der Waals surface area contributed by atoms with Crippen molar-refractivity contribution in [2.75, 3.05) is 19.6 Å². The van der Waals surface area contributed by atoms with Crippen LogP contribution in [-0.4, -0.2) is 38.4 Å². The monoisotopic (exact) mass is 309 g/mol. The quantitative estimate of drug-likeness (QED) is 0.854. The summed E-state index contributed by atoms with van der Waals surface area (Å²) in [6, 6.07) is 8.54. The summed E-state index contributed by atoms with van der Waals surface area (Å²) in [5.41, 5.74) is 2.38. The predicted octanol–water partition coefficient (Wildman–Crippen LogP) is 1.02. The van der Waals surface area contributed by atoms with Gasteiger partial charge in [-0.3, -0.25) is 0 Å². The van der Waals surface area contributed by atoms with Crippen LogP contribution >= 0.6 is 0 Å². The largest absolute Gasteiger partial charge is 0.314 e. The molecule has 5 nitrogen and oxygen atoms in total. The molecule has 1 aromatic rings. The lowest BCUT2D eigenvalue weighted by molar-refractivity contribution is 0.382. The lowest BCUT2D eigenvalue weighted by Crippen LogP contribution is -2.44. The first-order chi connectivity index (χ1) is 10.1. The molecular weight excluding hydrogens is 286 g/mol. The van der Waals surface area contributed by atoms with E-state index in [0.29, 0.717) is 25.7 Å². The maximum atomic E-state index is 12.4. The Kier molecular flexibility index (Phi) is 4.59. The van der Waals surface area contributed by atoms with Crippen molar-refractivity contribution >= 4 is 10.2 Å². The molecule has 2 aliphatic rings. The van der Waals surface area contributed by atoms with E-state index in [9.17, 15) is 8.42 Å². The number of benzene rings is 1. The number of nitrogens with one attached hydrogen (secondary N) is 2. The van der Waals surface area contributed by atoms with Crippen molar-refractivity contribution in [3.05, 3.63) is 35.4 Å². The molecular formula is C15H23N3O2S. The molecule has 0 aliphatic carbocycles. The standard InChI is InChI=1S/C15H23N3O2S/c19-21(20,17-10-7-15-6-3-9-16-15)18-11-8-13-4-1-2-5-14(13)12-18/h1-2,4-5,15-17H,3,6-12H2/t15-/m1/s1. The Morgan fingerprint density at radius 2 is 2.10 bits per heavy atom. The minimum Gasteiger partial charge on any atom is -0.314 e. The lowest BCUT2D eigenvalue weighted by Gasteiger charge is -2.28. The van der Waals surface area contributed by atoms with Crippen LogP contribution in [0.1, 0.15) is 30.4 Å². The first-order valence-electron chi connectivity index (χ1n) is 7.70. The van der Waals surface area contributed by atoms with Gasteiger partial charge in [0.2, 0.25) is 0 Å². The molecule has 116 valence electrons. The average molecular weight is 309 g/mol. The number of rotatable bonds is 5. The van der Waals surface area contributed by atoms with E-state index >= 15 is 0 Å². The smallest absolute Gasteiger partial charge is 0.279 e. The van der Waals surface area contributed by atoms with Crippen LogP contribution in [0.4, 0.5) is 0 Å². The second-order valence-electron chi connectivity index (χ2n) is 5.83. The number of nitrogens with zero attached hydrogens (tertiary/aromatic N) is 1. The van der Waals surface area contributed by atoms with Crippen molar-refractivity contribution in [2.45, 2.75) is 38.3 Å². The Morgan fingerprint density at radius 1 is 1.29 bits per heavy atom. The third kappa shape index (κ3) is 3.63. The fourth-order valence-corrected chi connectivity index (χ4v) is 4.33. The Hall–Kier alpha value is -0.950. The molecule has 0 amide bonds. The third-order valence-electron chi connectivity index (χ3n) is 4.38. The van der Waals surface area contributed by atoms with Crippen LogP contribution in [-0.2, 0) is 23.2 Å². The zero-order chi connectivity index (χ0) is 14.7. The Labute approximate surface area is 126 Å². The summed E-state index contributed by atoms with van der Waals surface area (Å²) in [5, 5.41) is 3.39. The topological polar surface area (TPSA) is 61.4 Å². The van der Waals surface area contributed by atoms with E-state index in [1.54, 1.807) is 4.31 Å². The van der Waals surface area contributed by atoms with Crippen molar-refractivity contribution in [1.82, 2.24) is 14.3 Å². The van der Waals surface area contributed by atoms with Gasteiger partial charge in [0.15, 0.2) is 0 Å². The van der Waals surface area contributed by atoms with Gasteiger partial charge in [-0.05, 0) is 43.4 Å². The molecule has 1 saturated heterocycles. The molecule has 2 aliphatic heterocycles. The maximum Gasteiger partial charge on any atom is 0.279 e. The van der Waals surface area contributed by atoms with E-state index in [0.717, 1.165) is 31.4 Å². The first kappa shape index (κ1) is 15.0. The average Bonchev–Trinajstić information content (AvgIpc) is 3.00. The van der Waals surface area contributed by atoms with Gasteiger partial charge in [-0.2, -0.15) is 12.7 Å². The van der Waals surface area contributed by atoms with Crippen LogP contribution in [0.3, 0.4) is 0 Å². The van der Waals surface area contributed by atoms with Crippen LogP contribution in [0.5, 0.6) is 0 Å². The second-order valence-corrected chi connectivity index (χ2v) is 7.59. The minimum absolute atomic E-state index is 0.467. The zero-order valence-corrected chi connectivity index (χ0v) is 13.0. The molecule has 1 aromatic carbocycles. The summed E-state index contributed by atoms with van der Waals surface area (Å²) in [6.45, 7) is 2.61. The van der Waals surface area contributed by atoms with Crippen molar-refractivity contribution in [3.63, 3.8) is 0 Å². The number of fused-ring (bicyclic) bond motifs is 1. The van der Waals surface area contributed by atoms with E-state index in [4.69, 9.17) is 0 Å². The van der Waals surface area contributed by atoms with E-state index in [2.05, 4.69) is 16.1 Å². The van der Waals surface area contributed by atoms with E-state index < -0.39 is 10.2 Å². The molecule has 0 radical (unpaired) electrons. The summed E-state index contributed by atoms with van der Waals surface area (Å²) in [5.74, 6) is 0. The molecule has 2 N–H and O–H groups in total. The van der Waals surface area contributed by atoms with Gasteiger partial charge in [-0.15, -0.1) is 0 Å². The highest BCUT2D eigenvalue weighted by atomic mass is 32.2. The van der Waals surface area contributed by atoms with Gasteiger partial charge in [0.1, 0.15) is 0 Å². The summed E-state index contributed by atoms with van der Waals surface area (Å²) in [4.78, 5) is 0. The van der Waals surface area contributed by atoms with Crippen LogP contribution in [0.15, 0.2) is 24.3 Å². The fourth-order valence-electron chi connectivity index (χ4n) is 3.13. The highest BCUT2D eigenvalue weighted by Crippen LogP contribution is 2.20. The maximum absolute atomic E-state index is 12.4. The van der Waals surface area contributed by atoms with Crippen molar-refractivity contribution in [1.29, 1.82) is 0 Å². The summed E-state index contributed by atoms with van der Waals surface area (Å²) >= 11 is 0. The fraction of sp³-hybridized carbons (Fsp3) is 0.600. The van der Waals surface area contributed by atoms with Gasteiger partial charge in [-0.1, -0.05) is 24.3 Å². The van der Waals surface area contributed by atoms with Gasteiger partial charge in [0, 0.05) is 25.7 Å². The summed E-state index contributed by atoms with van der Waals surface area (Å²) in [7, 11) is -3.36. The summed E-state index contributed by atoms with van der Waals surface area (Å²) in [6.07, 6.45) is 4.00. The van der Waals surface area contributed by atoms with Crippen molar-refractivity contribution in [3.8, 4) is 0 Å². The number of hydrogen-bond donors (Lipinski definition) is 2. The Morgan fingerprint density at radius 3 is 2.86 bits per heavy atom. The second kappa shape index (κ2) is 6.44. The third-order valence-corrected chi connectivity index (χ3v) is 5.94. The molecule has 0 spiro atoms. The van der Waals surface area contributed by atoms with Gasteiger partial charge >= 0.3 is 0 Å². The molecule has 0 aromatic heterocycles. The lowest BCUT2D eigenvalue weighted by atomic mass is 10.0. The van der Waals surface area contributed by atoms with E-state index in [1.807, 2.05) is 18.2 Å². The van der Waals surface area contributed by atoms with E-state index in [1.165, 1.54) is 12.0 Å². The van der Waals surface area contributed by atoms with Gasteiger partial charge in [0.05, 0.1) is 0 Å². The van der Waals surface area contributed by atoms with Crippen LogP contribution in [0.2, 0.25) is 0 Å². The summed E-state index contributed by atoms with van der Waals surface area (Å²) < 4.78 is 29.0. The van der Waals surface area contributed by atoms with Gasteiger partial charge in [-0.25, -0.2) is 4.72 Å². The highest BCUT2D eigenvalue weighted by molar-refractivity contribution is 7.87.